The van der Waals surface area contributed by atoms with E-state index in [-0.39, 0.29) is 17.9 Å². The highest BCUT2D eigenvalue weighted by atomic mass is 35.5. The first-order chi connectivity index (χ1) is 12.5. The lowest BCUT2D eigenvalue weighted by atomic mass is 9.74. The number of ether oxygens (including phenoxy) is 2. The van der Waals surface area contributed by atoms with E-state index in [1.165, 1.54) is 12.8 Å². The average molecular weight is 397 g/mol. The second-order valence-corrected chi connectivity index (χ2v) is 8.53. The van der Waals surface area contributed by atoms with Gasteiger partial charge in [0.2, 0.25) is 0 Å². The van der Waals surface area contributed by atoms with Crippen LogP contribution in [0.1, 0.15) is 44.1 Å². The van der Waals surface area contributed by atoms with Crippen molar-refractivity contribution in [1.82, 2.24) is 0 Å². The number of carbonyl (C=O) groups is 2. The number of esters is 2. The summed E-state index contributed by atoms with van der Waals surface area (Å²) in [6, 6.07) is 5.48. The van der Waals surface area contributed by atoms with Crippen molar-refractivity contribution in [2.24, 2.45) is 17.8 Å². The largest absolute Gasteiger partial charge is 0.465 e. The van der Waals surface area contributed by atoms with Crippen LogP contribution in [0.2, 0.25) is 10.0 Å². The second-order valence-electron chi connectivity index (χ2n) is 7.72. The van der Waals surface area contributed by atoms with Crippen LogP contribution in [0.4, 0.5) is 0 Å². The van der Waals surface area contributed by atoms with E-state index in [2.05, 4.69) is 0 Å². The normalized spacial score (nSPS) is 34.6. The Morgan fingerprint density at radius 1 is 0.962 bits per heavy atom. The molecule has 2 aliphatic heterocycles. The van der Waals surface area contributed by atoms with Crippen LogP contribution in [-0.2, 0) is 24.5 Å². The maximum atomic E-state index is 12.1. The van der Waals surface area contributed by atoms with Gasteiger partial charge >= 0.3 is 11.9 Å². The number of benzene rings is 1. The first-order valence-corrected chi connectivity index (χ1v) is 10.1. The van der Waals surface area contributed by atoms with Crippen LogP contribution >= 0.6 is 23.2 Å². The molecule has 4 nitrogen and oxygen atoms in total. The molecule has 2 saturated heterocycles. The van der Waals surface area contributed by atoms with Gasteiger partial charge in [-0.25, -0.2) is 0 Å². The quantitative estimate of drug-likeness (QED) is 0.653. The van der Waals surface area contributed by atoms with Gasteiger partial charge in [-0.2, -0.15) is 0 Å². The lowest BCUT2D eigenvalue weighted by Crippen LogP contribution is -2.33. The highest BCUT2D eigenvalue weighted by molar-refractivity contribution is 6.42. The molecule has 1 aromatic carbocycles. The number of carbonyl (C=O) groups excluding carboxylic acids is 2. The van der Waals surface area contributed by atoms with Gasteiger partial charge in [0, 0.05) is 11.8 Å². The number of cyclic esters (lactones) is 2. The van der Waals surface area contributed by atoms with Gasteiger partial charge in [-0.05, 0) is 43.4 Å². The van der Waals surface area contributed by atoms with Crippen LogP contribution in [0.15, 0.2) is 18.2 Å². The fourth-order valence-corrected chi connectivity index (χ4v) is 5.29. The summed E-state index contributed by atoms with van der Waals surface area (Å²) in [7, 11) is 0. The van der Waals surface area contributed by atoms with Crippen LogP contribution in [-0.4, -0.2) is 25.2 Å². The van der Waals surface area contributed by atoms with E-state index >= 15 is 0 Å². The van der Waals surface area contributed by atoms with Crippen molar-refractivity contribution >= 4 is 35.1 Å². The van der Waals surface area contributed by atoms with Gasteiger partial charge in [-0.15, -0.1) is 0 Å². The molecule has 26 heavy (non-hydrogen) atoms. The van der Waals surface area contributed by atoms with Crippen molar-refractivity contribution in [2.45, 2.75) is 43.9 Å². The van der Waals surface area contributed by atoms with Gasteiger partial charge < -0.3 is 9.47 Å². The van der Waals surface area contributed by atoms with Crippen LogP contribution in [0.3, 0.4) is 0 Å². The summed E-state index contributed by atoms with van der Waals surface area (Å²) < 4.78 is 10.1. The highest BCUT2D eigenvalue weighted by Crippen LogP contribution is 2.51. The average Bonchev–Trinajstić information content (AvgIpc) is 3.37. The molecule has 2 saturated carbocycles. The molecule has 3 unspecified atom stereocenters. The fraction of sp³-hybridized carbons (Fsp3) is 0.600. The molecule has 4 fully saturated rings. The lowest BCUT2D eigenvalue weighted by Gasteiger charge is -2.25. The molecule has 2 heterocycles. The van der Waals surface area contributed by atoms with Gasteiger partial charge in [-0.3, -0.25) is 9.59 Å². The molecule has 6 heteroatoms. The SMILES string of the molecule is O=C1OCC2CCCC12.O=C1OC[C@@H]2CCCC12c1ccc(Cl)c(Cl)c1. The van der Waals surface area contributed by atoms with Crippen molar-refractivity contribution in [1.29, 1.82) is 0 Å². The Labute approximate surface area is 163 Å². The molecule has 1 aromatic rings. The Kier molecular flexibility index (Phi) is 4.91. The molecular weight excluding hydrogens is 375 g/mol. The van der Waals surface area contributed by atoms with Crippen LogP contribution in [0.5, 0.6) is 0 Å². The van der Waals surface area contributed by atoms with Crippen LogP contribution < -0.4 is 0 Å². The molecule has 0 amide bonds. The van der Waals surface area contributed by atoms with Gasteiger partial charge in [0.25, 0.3) is 0 Å². The fourth-order valence-electron chi connectivity index (χ4n) is 4.99. The third-order valence-electron chi connectivity index (χ3n) is 6.44. The maximum Gasteiger partial charge on any atom is 0.316 e. The molecule has 4 aliphatic rings. The smallest absolute Gasteiger partial charge is 0.316 e. The lowest BCUT2D eigenvalue weighted by molar-refractivity contribution is -0.143. The van der Waals surface area contributed by atoms with Crippen molar-refractivity contribution in [3.05, 3.63) is 33.8 Å². The molecule has 0 bridgehead atoms. The first-order valence-electron chi connectivity index (χ1n) is 9.32. The molecule has 0 aromatic heterocycles. The monoisotopic (exact) mass is 396 g/mol. The predicted octanol–water partition coefficient (Wildman–Crippen LogP) is 4.55. The zero-order valence-electron chi connectivity index (χ0n) is 14.5. The molecule has 0 N–H and O–H groups in total. The van der Waals surface area contributed by atoms with Gasteiger partial charge in [-0.1, -0.05) is 42.1 Å². The van der Waals surface area contributed by atoms with E-state index in [0.29, 0.717) is 35.1 Å². The highest BCUT2D eigenvalue weighted by Gasteiger charge is 2.56. The summed E-state index contributed by atoms with van der Waals surface area (Å²) in [5.74, 6) is 1.12. The third-order valence-corrected chi connectivity index (χ3v) is 7.18. The van der Waals surface area contributed by atoms with Crippen molar-refractivity contribution in [2.75, 3.05) is 13.2 Å². The summed E-state index contributed by atoms with van der Waals surface area (Å²) in [4.78, 5) is 22.9. The standard InChI is InChI=1S/C13H12Cl2O2.C7H10O2/c14-10-4-3-8(6-11(10)15)13-5-1-2-9(13)7-17-12(13)16;8-7-6-3-1-2-5(6)4-9-7/h3-4,6,9H,1-2,5,7H2;5-6H,1-4H2/t9-,13?;/m0./s1. The number of rotatable bonds is 1. The maximum absolute atomic E-state index is 12.1. The molecule has 0 spiro atoms. The second kappa shape index (κ2) is 7.05. The van der Waals surface area contributed by atoms with Gasteiger partial charge in [0.1, 0.15) is 0 Å². The van der Waals surface area contributed by atoms with Crippen LogP contribution in [0.25, 0.3) is 0 Å². The molecule has 2 aliphatic carbocycles. The first kappa shape index (κ1) is 18.1. The van der Waals surface area contributed by atoms with E-state index in [1.54, 1.807) is 6.07 Å². The van der Waals surface area contributed by atoms with E-state index in [9.17, 15) is 9.59 Å². The number of fused-ring (bicyclic) bond motifs is 2. The number of hydrogen-bond donors (Lipinski definition) is 0. The Bertz CT molecular complexity index is 735. The minimum absolute atomic E-state index is 0.0532. The van der Waals surface area contributed by atoms with Gasteiger partial charge in [0.15, 0.2) is 0 Å². The third kappa shape index (κ3) is 2.91. The zero-order chi connectivity index (χ0) is 18.3. The molecule has 4 atom stereocenters. The zero-order valence-corrected chi connectivity index (χ0v) is 16.0. The Balaban J connectivity index is 0.000000157. The van der Waals surface area contributed by atoms with E-state index in [0.717, 1.165) is 31.2 Å². The van der Waals surface area contributed by atoms with Crippen molar-refractivity contribution in [3.8, 4) is 0 Å². The Morgan fingerprint density at radius 3 is 2.58 bits per heavy atom. The van der Waals surface area contributed by atoms with E-state index < -0.39 is 5.41 Å². The number of halogens is 2. The summed E-state index contributed by atoms with van der Waals surface area (Å²) in [5, 5.41) is 1.02. The Morgan fingerprint density at radius 2 is 1.81 bits per heavy atom. The van der Waals surface area contributed by atoms with Crippen molar-refractivity contribution < 1.29 is 19.1 Å². The summed E-state index contributed by atoms with van der Waals surface area (Å²) in [6.45, 7) is 1.24. The summed E-state index contributed by atoms with van der Waals surface area (Å²) >= 11 is 12.0. The Hall–Kier alpha value is -1.26. The summed E-state index contributed by atoms with van der Waals surface area (Å²) in [6.07, 6.45) is 6.48. The molecule has 140 valence electrons. The molecular formula is C20H22Cl2O4. The van der Waals surface area contributed by atoms with Gasteiger partial charge in [0.05, 0.1) is 34.6 Å². The predicted molar refractivity (Wildman–Crippen MR) is 98.2 cm³/mol. The van der Waals surface area contributed by atoms with E-state index in [4.69, 9.17) is 32.7 Å². The summed E-state index contributed by atoms with van der Waals surface area (Å²) in [5.41, 5.74) is 0.491. The van der Waals surface area contributed by atoms with Crippen molar-refractivity contribution in [3.63, 3.8) is 0 Å². The molecule has 5 rings (SSSR count). The molecule has 0 radical (unpaired) electrons. The minimum Gasteiger partial charge on any atom is -0.465 e. The minimum atomic E-state index is -0.464. The van der Waals surface area contributed by atoms with E-state index in [1.807, 2.05) is 12.1 Å². The number of hydrogen-bond acceptors (Lipinski definition) is 4. The van der Waals surface area contributed by atoms with Crippen LogP contribution in [0, 0.1) is 17.8 Å². The topological polar surface area (TPSA) is 52.6 Å².